The van der Waals surface area contributed by atoms with Crippen molar-refractivity contribution < 1.29 is 23.1 Å². The predicted molar refractivity (Wildman–Crippen MR) is 133 cm³/mol. The number of aryl methyl sites for hydroxylation is 3. The Morgan fingerprint density at radius 2 is 1.47 bits per heavy atom. The number of sulfonamides is 1. The number of aliphatic carboxylic acids is 1. The molecule has 34 heavy (non-hydrogen) atoms. The van der Waals surface area contributed by atoms with Crippen LogP contribution in [0.3, 0.4) is 0 Å². The Balaban J connectivity index is 1.75. The fourth-order valence-corrected chi connectivity index (χ4v) is 5.80. The van der Waals surface area contributed by atoms with E-state index in [9.17, 15) is 18.3 Å². The van der Waals surface area contributed by atoms with Gasteiger partial charge in [0.05, 0.1) is 17.0 Å². The van der Waals surface area contributed by atoms with Gasteiger partial charge in [0.25, 0.3) is 10.0 Å². The molecule has 0 aromatic heterocycles. The van der Waals surface area contributed by atoms with Crippen LogP contribution in [0.4, 0.5) is 5.69 Å². The molecule has 0 unspecified atom stereocenters. The van der Waals surface area contributed by atoms with Crippen LogP contribution in [0, 0.1) is 20.8 Å². The molecule has 0 spiro atoms. The number of benzene rings is 4. The van der Waals surface area contributed by atoms with Crippen molar-refractivity contribution in [2.75, 3.05) is 4.72 Å². The van der Waals surface area contributed by atoms with Gasteiger partial charge in [-0.1, -0.05) is 60.2 Å². The molecular weight excluding hydrogens is 450 g/mol. The molecule has 4 rings (SSSR count). The molecule has 0 atom stereocenters. The number of carbonyl (C=O) groups is 1. The first kappa shape index (κ1) is 23.3. The average molecular weight is 476 g/mol. The van der Waals surface area contributed by atoms with Crippen molar-refractivity contribution in [2.24, 2.45) is 0 Å². The summed E-state index contributed by atoms with van der Waals surface area (Å²) in [7, 11) is -3.83. The Morgan fingerprint density at radius 3 is 2.15 bits per heavy atom. The average Bonchev–Trinajstić information content (AvgIpc) is 2.75. The minimum Gasteiger partial charge on any atom is -0.481 e. The number of carboxylic acids is 1. The van der Waals surface area contributed by atoms with E-state index in [-0.39, 0.29) is 11.3 Å². The lowest BCUT2D eigenvalue weighted by Gasteiger charge is -2.17. The maximum atomic E-state index is 13.3. The Kier molecular flexibility index (Phi) is 6.30. The first-order valence-electron chi connectivity index (χ1n) is 10.8. The number of carboxylic acid groups (broad SMARTS) is 1. The van der Waals surface area contributed by atoms with Crippen molar-refractivity contribution in [2.45, 2.75) is 32.1 Å². The van der Waals surface area contributed by atoms with E-state index in [2.05, 4.69) is 4.72 Å². The molecule has 6 nitrogen and oxygen atoms in total. The van der Waals surface area contributed by atoms with Gasteiger partial charge < -0.3 is 9.84 Å². The van der Waals surface area contributed by atoms with Gasteiger partial charge in [0.15, 0.2) is 0 Å². The summed E-state index contributed by atoms with van der Waals surface area (Å²) in [4.78, 5) is 11.5. The molecule has 0 aliphatic rings. The highest BCUT2D eigenvalue weighted by molar-refractivity contribution is 7.92. The van der Waals surface area contributed by atoms with E-state index in [0.29, 0.717) is 44.6 Å². The lowest BCUT2D eigenvalue weighted by molar-refractivity contribution is -0.136. The molecule has 0 aliphatic heterocycles. The summed E-state index contributed by atoms with van der Waals surface area (Å²) < 4.78 is 35.5. The van der Waals surface area contributed by atoms with E-state index in [4.69, 9.17) is 4.74 Å². The quantitative estimate of drug-likeness (QED) is 0.343. The van der Waals surface area contributed by atoms with Crippen LogP contribution < -0.4 is 9.46 Å². The fraction of sp³-hybridized carbons (Fsp3) is 0.148. The Hall–Kier alpha value is -3.84. The second-order valence-electron chi connectivity index (χ2n) is 8.27. The lowest BCUT2D eigenvalue weighted by Crippen LogP contribution is -2.16. The smallest absolute Gasteiger partial charge is 0.307 e. The molecule has 0 saturated heterocycles. The summed E-state index contributed by atoms with van der Waals surface area (Å²) in [5.41, 5.74) is 3.35. The van der Waals surface area contributed by atoms with Crippen molar-refractivity contribution in [3.05, 3.63) is 95.1 Å². The third-order valence-corrected chi connectivity index (χ3v) is 7.21. The normalized spacial score (nSPS) is 11.4. The van der Waals surface area contributed by atoms with Crippen LogP contribution in [0.2, 0.25) is 0 Å². The standard InChI is InChI=1S/C27H25NO5S/c1-17-14-18(2)27(19(3)15-17)34(31,32)28-23-12-13-25(22-10-6-5-9-21(22)23)33-24-11-7-4-8-20(24)16-26(29)30/h4-15,28H,16H2,1-3H3,(H,29,30). The Bertz CT molecular complexity index is 1490. The number of hydrogen-bond donors (Lipinski definition) is 2. The minimum absolute atomic E-state index is 0.165. The monoisotopic (exact) mass is 475 g/mol. The molecule has 0 amide bonds. The number of rotatable bonds is 7. The predicted octanol–water partition coefficient (Wildman–Crippen LogP) is 5.99. The van der Waals surface area contributed by atoms with Crippen molar-refractivity contribution in [1.82, 2.24) is 0 Å². The molecule has 4 aromatic rings. The van der Waals surface area contributed by atoms with Crippen LogP contribution >= 0.6 is 0 Å². The number of hydrogen-bond acceptors (Lipinski definition) is 4. The van der Waals surface area contributed by atoms with Gasteiger partial charge in [-0.25, -0.2) is 8.42 Å². The largest absolute Gasteiger partial charge is 0.481 e. The number of nitrogens with one attached hydrogen (secondary N) is 1. The van der Waals surface area contributed by atoms with Gasteiger partial charge in [0.2, 0.25) is 0 Å². The number of para-hydroxylation sites is 1. The fourth-order valence-electron chi connectivity index (χ4n) is 4.27. The third kappa shape index (κ3) is 4.75. The van der Waals surface area contributed by atoms with Gasteiger partial charge in [-0.3, -0.25) is 9.52 Å². The van der Waals surface area contributed by atoms with Gasteiger partial charge in [-0.2, -0.15) is 0 Å². The van der Waals surface area contributed by atoms with E-state index < -0.39 is 16.0 Å². The van der Waals surface area contributed by atoms with Crippen molar-refractivity contribution in [3.63, 3.8) is 0 Å². The molecule has 7 heteroatoms. The van der Waals surface area contributed by atoms with E-state index in [1.165, 1.54) is 0 Å². The maximum absolute atomic E-state index is 13.3. The van der Waals surface area contributed by atoms with Crippen LogP contribution in [0.5, 0.6) is 11.5 Å². The van der Waals surface area contributed by atoms with Gasteiger partial charge in [-0.15, -0.1) is 0 Å². The van der Waals surface area contributed by atoms with Crippen molar-refractivity contribution in [1.29, 1.82) is 0 Å². The first-order chi connectivity index (χ1) is 16.2. The summed E-state index contributed by atoms with van der Waals surface area (Å²) >= 11 is 0. The zero-order chi connectivity index (χ0) is 24.5. The highest BCUT2D eigenvalue weighted by Gasteiger charge is 2.21. The number of anilines is 1. The zero-order valence-corrected chi connectivity index (χ0v) is 19.9. The highest BCUT2D eigenvalue weighted by Crippen LogP contribution is 2.36. The van der Waals surface area contributed by atoms with Gasteiger partial charge in [0, 0.05) is 16.3 Å². The molecule has 0 aliphatic carbocycles. The van der Waals surface area contributed by atoms with Crippen LogP contribution in [-0.2, 0) is 21.2 Å². The SMILES string of the molecule is Cc1cc(C)c(S(=O)(=O)Nc2ccc(Oc3ccccc3CC(=O)O)c3ccccc23)c(C)c1. The summed E-state index contributed by atoms with van der Waals surface area (Å²) in [6, 6.07) is 21.3. The van der Waals surface area contributed by atoms with Crippen LogP contribution in [0.25, 0.3) is 10.8 Å². The number of ether oxygens (including phenoxy) is 1. The van der Waals surface area contributed by atoms with Gasteiger partial charge in [0.1, 0.15) is 11.5 Å². The molecule has 174 valence electrons. The van der Waals surface area contributed by atoms with Crippen LogP contribution in [-0.4, -0.2) is 19.5 Å². The van der Waals surface area contributed by atoms with E-state index in [0.717, 1.165) is 5.56 Å². The molecule has 2 N–H and O–H groups in total. The maximum Gasteiger partial charge on any atom is 0.307 e. The second-order valence-corrected chi connectivity index (χ2v) is 9.89. The van der Waals surface area contributed by atoms with E-state index in [1.807, 2.05) is 43.3 Å². The molecule has 0 heterocycles. The summed E-state index contributed by atoms with van der Waals surface area (Å²) in [6.07, 6.45) is -0.165. The summed E-state index contributed by atoms with van der Waals surface area (Å²) in [5, 5.41) is 10.6. The van der Waals surface area contributed by atoms with E-state index in [1.54, 1.807) is 50.2 Å². The Morgan fingerprint density at radius 1 is 0.853 bits per heavy atom. The summed E-state index contributed by atoms with van der Waals surface area (Å²) in [5.74, 6) is -0.0132. The molecule has 4 aromatic carbocycles. The second kappa shape index (κ2) is 9.19. The Labute approximate surface area is 198 Å². The topological polar surface area (TPSA) is 92.7 Å². The number of fused-ring (bicyclic) bond motifs is 1. The summed E-state index contributed by atoms with van der Waals surface area (Å²) in [6.45, 7) is 5.51. The molecule has 0 bridgehead atoms. The lowest BCUT2D eigenvalue weighted by atomic mass is 10.1. The van der Waals surface area contributed by atoms with Crippen molar-refractivity contribution >= 4 is 32.5 Å². The third-order valence-electron chi connectivity index (χ3n) is 5.54. The molecule has 0 saturated carbocycles. The molecule has 0 fully saturated rings. The highest BCUT2D eigenvalue weighted by atomic mass is 32.2. The van der Waals surface area contributed by atoms with Gasteiger partial charge >= 0.3 is 5.97 Å². The molecule has 0 radical (unpaired) electrons. The van der Waals surface area contributed by atoms with Gasteiger partial charge in [-0.05, 0) is 50.1 Å². The minimum atomic E-state index is -3.83. The van der Waals surface area contributed by atoms with Crippen LogP contribution in [0.1, 0.15) is 22.3 Å². The first-order valence-corrected chi connectivity index (χ1v) is 12.2. The zero-order valence-electron chi connectivity index (χ0n) is 19.1. The van der Waals surface area contributed by atoms with Crippen molar-refractivity contribution in [3.8, 4) is 11.5 Å². The van der Waals surface area contributed by atoms with Crippen LogP contribution in [0.15, 0.2) is 77.7 Å². The van der Waals surface area contributed by atoms with E-state index >= 15 is 0 Å². The molecular formula is C27H25NO5S.